The molecule has 1 unspecified atom stereocenters. The number of carbonyl (C=O) groups excluding carboxylic acids is 2. The van der Waals surface area contributed by atoms with E-state index in [0.29, 0.717) is 11.1 Å². The molecule has 0 fully saturated rings. The summed E-state index contributed by atoms with van der Waals surface area (Å²) in [5.41, 5.74) is 7.79. The molecule has 3 aromatic rings. The first-order chi connectivity index (χ1) is 11.2. The monoisotopic (exact) mass is 302 g/mol. The van der Waals surface area contributed by atoms with Crippen LogP contribution in [0.3, 0.4) is 0 Å². The molecular formula is C19H14N2O2. The molecule has 1 atom stereocenters. The Labute approximate surface area is 133 Å². The van der Waals surface area contributed by atoms with Gasteiger partial charge in [-0.05, 0) is 34.5 Å². The van der Waals surface area contributed by atoms with Crippen molar-refractivity contribution in [2.75, 3.05) is 0 Å². The molecule has 0 saturated heterocycles. The van der Waals surface area contributed by atoms with Crippen molar-refractivity contribution in [2.24, 2.45) is 5.73 Å². The largest absolute Gasteiger partial charge is 0.307 e. The third-order valence-electron chi connectivity index (χ3n) is 4.22. The Morgan fingerprint density at radius 2 is 1.30 bits per heavy atom. The van der Waals surface area contributed by atoms with Gasteiger partial charge in [0, 0.05) is 0 Å². The van der Waals surface area contributed by atoms with Gasteiger partial charge in [-0.25, -0.2) is 0 Å². The summed E-state index contributed by atoms with van der Waals surface area (Å²) in [5.74, 6) is -0.683. The normalized spacial score (nSPS) is 15.1. The molecule has 1 heterocycles. The lowest BCUT2D eigenvalue weighted by molar-refractivity contribution is 0.0586. The minimum absolute atomic E-state index is 0.341. The molecule has 0 aliphatic carbocycles. The molecule has 4 heteroatoms. The number of carbonyl (C=O) groups is 2. The molecular weight excluding hydrogens is 288 g/mol. The van der Waals surface area contributed by atoms with E-state index in [1.165, 1.54) is 0 Å². The number of benzene rings is 3. The van der Waals surface area contributed by atoms with E-state index < -0.39 is 6.17 Å². The van der Waals surface area contributed by atoms with Crippen molar-refractivity contribution in [2.45, 2.75) is 6.17 Å². The Balaban J connectivity index is 1.75. The highest BCUT2D eigenvalue weighted by molar-refractivity contribution is 6.21. The summed E-state index contributed by atoms with van der Waals surface area (Å²) in [5, 5.41) is 2.11. The Kier molecular flexibility index (Phi) is 2.99. The lowest BCUT2D eigenvalue weighted by Crippen LogP contribution is -2.38. The summed E-state index contributed by atoms with van der Waals surface area (Å²) in [4.78, 5) is 26.2. The van der Waals surface area contributed by atoms with Gasteiger partial charge in [0.2, 0.25) is 0 Å². The van der Waals surface area contributed by atoms with E-state index in [0.717, 1.165) is 21.2 Å². The molecule has 2 amide bonds. The van der Waals surface area contributed by atoms with Crippen molar-refractivity contribution >= 4 is 22.6 Å². The Morgan fingerprint density at radius 1 is 0.739 bits per heavy atom. The number of amides is 2. The predicted octanol–water partition coefficient (Wildman–Crippen LogP) is 3.09. The van der Waals surface area contributed by atoms with Crippen molar-refractivity contribution in [1.82, 2.24) is 4.90 Å². The predicted molar refractivity (Wildman–Crippen MR) is 87.8 cm³/mol. The van der Waals surface area contributed by atoms with Crippen molar-refractivity contribution in [3.05, 3.63) is 83.4 Å². The molecule has 1 aliphatic heterocycles. The van der Waals surface area contributed by atoms with Crippen LogP contribution in [0.4, 0.5) is 0 Å². The van der Waals surface area contributed by atoms with Crippen molar-refractivity contribution in [1.29, 1.82) is 0 Å². The topological polar surface area (TPSA) is 63.4 Å². The summed E-state index contributed by atoms with van der Waals surface area (Å²) in [6, 6.07) is 20.4. The standard InChI is InChI=1S/C19H14N2O2/c20-17(14-10-9-12-5-1-2-6-13(12)11-14)21-18(22)15-7-3-4-8-16(15)19(21)23/h1-11,17H,20H2. The van der Waals surface area contributed by atoms with Crippen LogP contribution in [0.2, 0.25) is 0 Å². The van der Waals surface area contributed by atoms with E-state index in [2.05, 4.69) is 0 Å². The average Bonchev–Trinajstić information content (AvgIpc) is 2.85. The van der Waals surface area contributed by atoms with Crippen LogP contribution in [0, 0.1) is 0 Å². The van der Waals surface area contributed by atoms with Gasteiger partial charge in [0.25, 0.3) is 11.8 Å². The third kappa shape index (κ3) is 2.04. The molecule has 0 spiro atoms. The molecule has 0 aromatic heterocycles. The molecule has 0 bridgehead atoms. The van der Waals surface area contributed by atoms with Gasteiger partial charge in [0.1, 0.15) is 6.17 Å². The highest BCUT2D eigenvalue weighted by atomic mass is 16.2. The summed E-state index contributed by atoms with van der Waals surface area (Å²) < 4.78 is 0. The van der Waals surface area contributed by atoms with Crippen molar-refractivity contribution in [3.63, 3.8) is 0 Å². The zero-order valence-electron chi connectivity index (χ0n) is 12.3. The molecule has 112 valence electrons. The Hall–Kier alpha value is -2.98. The van der Waals surface area contributed by atoms with E-state index in [9.17, 15) is 9.59 Å². The van der Waals surface area contributed by atoms with Gasteiger partial charge in [-0.3, -0.25) is 14.5 Å². The fourth-order valence-electron chi connectivity index (χ4n) is 3.00. The second kappa shape index (κ2) is 5.04. The number of nitrogens with zero attached hydrogens (tertiary/aromatic N) is 1. The van der Waals surface area contributed by atoms with Crippen LogP contribution in [-0.4, -0.2) is 16.7 Å². The maximum absolute atomic E-state index is 12.5. The van der Waals surface area contributed by atoms with Crippen LogP contribution < -0.4 is 5.73 Å². The summed E-state index contributed by atoms with van der Waals surface area (Å²) in [6.07, 6.45) is -0.799. The number of hydrogen-bond donors (Lipinski definition) is 1. The fraction of sp³-hybridized carbons (Fsp3) is 0.0526. The molecule has 0 saturated carbocycles. The van der Waals surface area contributed by atoms with Gasteiger partial charge in [0.05, 0.1) is 11.1 Å². The van der Waals surface area contributed by atoms with Crippen LogP contribution in [0.5, 0.6) is 0 Å². The van der Waals surface area contributed by atoms with Gasteiger partial charge in [0.15, 0.2) is 0 Å². The van der Waals surface area contributed by atoms with Crippen LogP contribution in [-0.2, 0) is 0 Å². The number of hydrogen-bond acceptors (Lipinski definition) is 3. The van der Waals surface area contributed by atoms with Crippen molar-refractivity contribution in [3.8, 4) is 0 Å². The van der Waals surface area contributed by atoms with Gasteiger partial charge in [-0.2, -0.15) is 0 Å². The number of imide groups is 1. The first kappa shape index (κ1) is 13.7. The summed E-state index contributed by atoms with van der Waals surface area (Å²) in [6.45, 7) is 0. The quantitative estimate of drug-likeness (QED) is 0.740. The number of nitrogens with two attached hydrogens (primary N) is 1. The van der Waals surface area contributed by atoms with E-state index in [1.807, 2.05) is 42.5 Å². The number of rotatable bonds is 2. The smallest absolute Gasteiger partial charge is 0.263 e. The SMILES string of the molecule is NC(c1ccc2ccccc2c1)N1C(=O)c2ccccc2C1=O. The third-order valence-corrected chi connectivity index (χ3v) is 4.22. The molecule has 3 aromatic carbocycles. The summed E-state index contributed by atoms with van der Waals surface area (Å²) in [7, 11) is 0. The highest BCUT2D eigenvalue weighted by Gasteiger charge is 2.38. The minimum Gasteiger partial charge on any atom is -0.307 e. The average molecular weight is 302 g/mol. The zero-order chi connectivity index (χ0) is 16.0. The molecule has 4 rings (SSSR count). The molecule has 4 nitrogen and oxygen atoms in total. The van der Waals surface area contributed by atoms with E-state index in [1.54, 1.807) is 24.3 Å². The maximum atomic E-state index is 12.5. The lowest BCUT2D eigenvalue weighted by atomic mass is 10.1. The van der Waals surface area contributed by atoms with Crippen LogP contribution >= 0.6 is 0 Å². The van der Waals surface area contributed by atoms with Gasteiger partial charge in [-0.15, -0.1) is 0 Å². The zero-order valence-corrected chi connectivity index (χ0v) is 12.3. The van der Waals surface area contributed by atoms with Gasteiger partial charge >= 0.3 is 0 Å². The first-order valence-electron chi connectivity index (χ1n) is 7.38. The van der Waals surface area contributed by atoms with E-state index >= 15 is 0 Å². The van der Waals surface area contributed by atoms with Crippen LogP contribution in [0.1, 0.15) is 32.4 Å². The maximum Gasteiger partial charge on any atom is 0.263 e. The Morgan fingerprint density at radius 3 is 1.96 bits per heavy atom. The Bertz CT molecular complexity index is 914. The van der Waals surface area contributed by atoms with Gasteiger partial charge < -0.3 is 5.73 Å². The minimum atomic E-state index is -0.799. The van der Waals surface area contributed by atoms with E-state index in [-0.39, 0.29) is 11.8 Å². The first-order valence-corrected chi connectivity index (χ1v) is 7.38. The number of fused-ring (bicyclic) bond motifs is 2. The fourth-order valence-corrected chi connectivity index (χ4v) is 3.00. The second-order valence-electron chi connectivity index (χ2n) is 5.58. The lowest BCUT2D eigenvalue weighted by Gasteiger charge is -2.23. The van der Waals surface area contributed by atoms with Gasteiger partial charge in [-0.1, -0.05) is 48.5 Å². The second-order valence-corrected chi connectivity index (χ2v) is 5.58. The van der Waals surface area contributed by atoms with Crippen molar-refractivity contribution < 1.29 is 9.59 Å². The summed E-state index contributed by atoms with van der Waals surface area (Å²) >= 11 is 0. The molecule has 2 N–H and O–H groups in total. The van der Waals surface area contributed by atoms with Crippen LogP contribution in [0.25, 0.3) is 10.8 Å². The molecule has 0 radical (unpaired) electrons. The highest BCUT2D eigenvalue weighted by Crippen LogP contribution is 2.29. The van der Waals surface area contributed by atoms with Crippen LogP contribution in [0.15, 0.2) is 66.7 Å². The molecule has 1 aliphatic rings. The molecule has 23 heavy (non-hydrogen) atoms. The van der Waals surface area contributed by atoms with E-state index in [4.69, 9.17) is 5.73 Å².